The largest absolute Gasteiger partial charge is 0.403 e. The Bertz CT molecular complexity index is 491. The zero-order chi connectivity index (χ0) is 20.6. The van der Waals surface area contributed by atoms with Crippen molar-refractivity contribution in [3.63, 3.8) is 0 Å². The Labute approximate surface area is 190 Å². The van der Waals surface area contributed by atoms with Gasteiger partial charge in [0.2, 0.25) is 0 Å². The molecular weight excluding hydrogens is 496 g/mol. The van der Waals surface area contributed by atoms with Crippen LogP contribution < -0.4 is 5.32 Å². The highest BCUT2D eigenvalue weighted by Gasteiger charge is 2.41. The molecule has 9 heteroatoms. The highest BCUT2D eigenvalue weighted by atomic mass is 127. The number of aliphatic imine (C=N–C) groups is 1. The number of nitrogens with zero attached hydrogens (tertiary/aromatic N) is 3. The molecule has 1 N–H and O–H groups in total. The fraction of sp³-hybridized carbons (Fsp3) is 0.950. The molecule has 1 saturated heterocycles. The Morgan fingerprint density at radius 2 is 1.76 bits per heavy atom. The van der Waals surface area contributed by atoms with Crippen LogP contribution in [0.25, 0.3) is 0 Å². The van der Waals surface area contributed by atoms with Crippen LogP contribution in [0.1, 0.15) is 52.9 Å². The molecule has 0 aromatic carbocycles. The van der Waals surface area contributed by atoms with Crippen LogP contribution >= 0.6 is 24.0 Å². The molecule has 2 fully saturated rings. The Kier molecular flexibility index (Phi) is 11.6. The number of hydrogen-bond acceptors (Lipinski definition) is 3. The zero-order valence-corrected chi connectivity index (χ0v) is 20.4. The first-order chi connectivity index (χ1) is 13.3. The lowest BCUT2D eigenvalue weighted by Gasteiger charge is -2.40. The summed E-state index contributed by atoms with van der Waals surface area (Å²) in [5.74, 6) is 0.837. The molecule has 0 aromatic heterocycles. The minimum absolute atomic E-state index is 0. The molecule has 0 aromatic rings. The third-order valence-corrected chi connectivity index (χ3v) is 6.18. The molecule has 172 valence electrons. The van der Waals surface area contributed by atoms with Crippen LogP contribution in [0.3, 0.4) is 0 Å². The molecule has 2 rings (SSSR count). The van der Waals surface area contributed by atoms with E-state index in [1.54, 1.807) is 0 Å². The van der Waals surface area contributed by atoms with Gasteiger partial charge >= 0.3 is 6.18 Å². The van der Waals surface area contributed by atoms with Crippen LogP contribution in [0.15, 0.2) is 4.99 Å². The average Bonchev–Trinajstić information content (AvgIpc) is 3.13. The van der Waals surface area contributed by atoms with Gasteiger partial charge in [0.15, 0.2) is 5.96 Å². The van der Waals surface area contributed by atoms with Crippen molar-refractivity contribution in [3.8, 4) is 0 Å². The van der Waals surface area contributed by atoms with E-state index in [1.165, 1.54) is 37.5 Å². The summed E-state index contributed by atoms with van der Waals surface area (Å²) in [6, 6.07) is -1.39. The van der Waals surface area contributed by atoms with Crippen molar-refractivity contribution in [2.45, 2.75) is 65.1 Å². The number of piperazine rings is 1. The molecule has 1 aliphatic carbocycles. The molecule has 2 aliphatic rings. The van der Waals surface area contributed by atoms with Crippen LogP contribution in [0.5, 0.6) is 0 Å². The third kappa shape index (κ3) is 8.05. The summed E-state index contributed by atoms with van der Waals surface area (Å²) in [7, 11) is 0. The fourth-order valence-corrected chi connectivity index (χ4v) is 4.24. The summed E-state index contributed by atoms with van der Waals surface area (Å²) < 4.78 is 44.5. The molecule has 29 heavy (non-hydrogen) atoms. The highest BCUT2D eigenvalue weighted by molar-refractivity contribution is 14.0. The Hall–Kier alpha value is -0.290. The smallest absolute Gasteiger partial charge is 0.382 e. The van der Waals surface area contributed by atoms with Crippen molar-refractivity contribution in [1.82, 2.24) is 15.1 Å². The van der Waals surface area contributed by atoms with E-state index >= 15 is 0 Å². The van der Waals surface area contributed by atoms with Crippen LogP contribution in [0, 0.1) is 5.41 Å². The maximum atomic E-state index is 13.0. The molecule has 0 spiro atoms. The number of ether oxygens (including phenoxy) is 1. The number of hydrogen-bond donors (Lipinski definition) is 1. The van der Waals surface area contributed by atoms with E-state index in [0.29, 0.717) is 26.2 Å². The predicted molar refractivity (Wildman–Crippen MR) is 122 cm³/mol. The van der Waals surface area contributed by atoms with Gasteiger partial charge in [-0.25, -0.2) is 0 Å². The molecule has 0 amide bonds. The van der Waals surface area contributed by atoms with Crippen LogP contribution in [0.2, 0.25) is 0 Å². The predicted octanol–water partition coefficient (Wildman–Crippen LogP) is 4.13. The molecule has 1 atom stereocenters. The van der Waals surface area contributed by atoms with Crippen molar-refractivity contribution in [2.24, 2.45) is 10.4 Å². The molecule has 1 saturated carbocycles. The fourth-order valence-electron chi connectivity index (χ4n) is 4.24. The van der Waals surface area contributed by atoms with E-state index in [9.17, 15) is 13.2 Å². The summed E-state index contributed by atoms with van der Waals surface area (Å²) in [6.07, 6.45) is 1.70. The van der Waals surface area contributed by atoms with Gasteiger partial charge < -0.3 is 15.0 Å². The van der Waals surface area contributed by atoms with Gasteiger partial charge in [-0.1, -0.05) is 12.8 Å². The second-order valence-corrected chi connectivity index (χ2v) is 8.06. The normalized spacial score (nSPS) is 21.7. The van der Waals surface area contributed by atoms with E-state index < -0.39 is 12.2 Å². The first-order valence-corrected chi connectivity index (χ1v) is 10.7. The van der Waals surface area contributed by atoms with Crippen molar-refractivity contribution in [3.05, 3.63) is 0 Å². The number of guanidine groups is 1. The van der Waals surface area contributed by atoms with Crippen molar-refractivity contribution in [1.29, 1.82) is 0 Å². The topological polar surface area (TPSA) is 40.1 Å². The lowest BCUT2D eigenvalue weighted by Crippen LogP contribution is -2.56. The summed E-state index contributed by atoms with van der Waals surface area (Å²) >= 11 is 0. The van der Waals surface area contributed by atoms with Gasteiger partial charge in [0.1, 0.15) is 6.04 Å². The van der Waals surface area contributed by atoms with Crippen molar-refractivity contribution < 1.29 is 17.9 Å². The number of nitrogens with one attached hydrogen (secondary N) is 1. The van der Waals surface area contributed by atoms with E-state index in [0.717, 1.165) is 38.7 Å². The lowest BCUT2D eigenvalue weighted by molar-refractivity contribution is -0.181. The Morgan fingerprint density at radius 1 is 1.14 bits per heavy atom. The standard InChI is InChI=1S/C20H37F3N4O.HI/c1-4-24-18(25-16-19(8-6-7-9-19)10-15-28-5-2)27-13-11-26(12-14-27)17(3)20(21,22)23;/h17H,4-16H2,1-3H3,(H,24,25);1H. The zero-order valence-electron chi connectivity index (χ0n) is 18.1. The lowest BCUT2D eigenvalue weighted by atomic mass is 9.83. The van der Waals surface area contributed by atoms with E-state index in [-0.39, 0.29) is 29.4 Å². The minimum Gasteiger partial charge on any atom is -0.382 e. The SMILES string of the molecule is CCNC(=NCC1(CCOCC)CCCC1)N1CCN(C(C)C(F)(F)F)CC1.I. The minimum atomic E-state index is -4.17. The van der Waals surface area contributed by atoms with Gasteiger partial charge in [-0.2, -0.15) is 13.2 Å². The van der Waals surface area contributed by atoms with Gasteiger partial charge in [0.25, 0.3) is 0 Å². The molecule has 1 heterocycles. The second-order valence-electron chi connectivity index (χ2n) is 8.06. The van der Waals surface area contributed by atoms with E-state index in [4.69, 9.17) is 9.73 Å². The van der Waals surface area contributed by atoms with Gasteiger partial charge in [0.05, 0.1) is 0 Å². The highest BCUT2D eigenvalue weighted by Crippen LogP contribution is 2.41. The monoisotopic (exact) mass is 534 g/mol. The van der Waals surface area contributed by atoms with Gasteiger partial charge in [0, 0.05) is 52.5 Å². The van der Waals surface area contributed by atoms with Crippen molar-refractivity contribution in [2.75, 3.05) is 52.5 Å². The number of halogens is 4. The van der Waals surface area contributed by atoms with E-state index in [2.05, 4.69) is 10.2 Å². The third-order valence-electron chi connectivity index (χ3n) is 6.18. The number of rotatable bonds is 8. The Morgan fingerprint density at radius 3 is 2.28 bits per heavy atom. The molecule has 5 nitrogen and oxygen atoms in total. The van der Waals surface area contributed by atoms with Crippen LogP contribution in [-0.2, 0) is 4.74 Å². The van der Waals surface area contributed by atoms with Crippen molar-refractivity contribution >= 4 is 29.9 Å². The number of alkyl halides is 3. The van der Waals surface area contributed by atoms with Crippen LogP contribution in [0.4, 0.5) is 13.2 Å². The summed E-state index contributed by atoms with van der Waals surface area (Å²) in [5, 5.41) is 3.34. The molecule has 0 radical (unpaired) electrons. The summed E-state index contributed by atoms with van der Waals surface area (Å²) in [4.78, 5) is 8.54. The summed E-state index contributed by atoms with van der Waals surface area (Å²) in [6.45, 7) is 10.3. The molecule has 0 bridgehead atoms. The van der Waals surface area contributed by atoms with Crippen LogP contribution in [-0.4, -0.2) is 80.5 Å². The van der Waals surface area contributed by atoms with Gasteiger partial charge in [-0.3, -0.25) is 9.89 Å². The molecule has 1 unspecified atom stereocenters. The molecule has 1 aliphatic heterocycles. The maximum absolute atomic E-state index is 13.0. The quantitative estimate of drug-likeness (QED) is 0.220. The average molecular weight is 534 g/mol. The maximum Gasteiger partial charge on any atom is 0.403 e. The first kappa shape index (κ1) is 26.7. The first-order valence-electron chi connectivity index (χ1n) is 10.7. The van der Waals surface area contributed by atoms with Gasteiger partial charge in [-0.05, 0) is 45.4 Å². The Balaban J connectivity index is 0.00000420. The molecular formula is C20H38F3IN4O. The second kappa shape index (κ2) is 12.5. The van der Waals surface area contributed by atoms with Gasteiger partial charge in [-0.15, -0.1) is 24.0 Å². The summed E-state index contributed by atoms with van der Waals surface area (Å²) in [5.41, 5.74) is 0.211. The van der Waals surface area contributed by atoms with E-state index in [1.807, 2.05) is 13.8 Å².